The number of benzene rings is 2. The molecule has 0 radical (unpaired) electrons. The molecule has 92 valence electrons. The van der Waals surface area contributed by atoms with Crippen molar-refractivity contribution in [2.24, 2.45) is 5.92 Å². The minimum Gasteiger partial charge on any atom is -0.309 e. The van der Waals surface area contributed by atoms with Crippen molar-refractivity contribution in [1.29, 1.82) is 5.26 Å². The number of hydrogen-bond acceptors (Lipinski definition) is 2. The third kappa shape index (κ3) is 2.69. The summed E-state index contributed by atoms with van der Waals surface area (Å²) in [4.78, 5) is 0. The molecular formula is C16H18N2. The highest BCUT2D eigenvalue weighted by Crippen LogP contribution is 2.23. The Labute approximate surface area is 108 Å². The number of nitriles is 1. The second kappa shape index (κ2) is 5.66. The van der Waals surface area contributed by atoms with Crippen LogP contribution in [0, 0.1) is 17.2 Å². The fourth-order valence-corrected chi connectivity index (χ4v) is 2.14. The standard InChI is InChI=1S/C16H18N2/c1-12(10-17)11-18-13(2)15-9-5-7-14-6-3-4-8-16(14)15/h3-9,12-13,18H,11H2,1-2H3. The Hall–Kier alpha value is -1.85. The van der Waals surface area contributed by atoms with E-state index in [9.17, 15) is 0 Å². The van der Waals surface area contributed by atoms with Crippen LogP contribution in [-0.4, -0.2) is 6.54 Å². The monoisotopic (exact) mass is 238 g/mol. The Morgan fingerprint density at radius 2 is 1.83 bits per heavy atom. The summed E-state index contributed by atoms with van der Waals surface area (Å²) >= 11 is 0. The van der Waals surface area contributed by atoms with Gasteiger partial charge in [-0.2, -0.15) is 5.26 Å². The molecule has 2 nitrogen and oxygen atoms in total. The van der Waals surface area contributed by atoms with Crippen molar-refractivity contribution in [2.75, 3.05) is 6.54 Å². The van der Waals surface area contributed by atoms with E-state index in [1.54, 1.807) is 0 Å². The largest absolute Gasteiger partial charge is 0.309 e. The summed E-state index contributed by atoms with van der Waals surface area (Å²) in [7, 11) is 0. The lowest BCUT2D eigenvalue weighted by Crippen LogP contribution is -2.23. The van der Waals surface area contributed by atoms with Crippen LogP contribution in [0.3, 0.4) is 0 Å². The van der Waals surface area contributed by atoms with E-state index in [2.05, 4.69) is 60.8 Å². The number of nitrogens with one attached hydrogen (secondary N) is 1. The van der Waals surface area contributed by atoms with E-state index in [1.165, 1.54) is 16.3 Å². The van der Waals surface area contributed by atoms with Gasteiger partial charge in [0.15, 0.2) is 0 Å². The molecule has 2 atom stereocenters. The number of hydrogen-bond donors (Lipinski definition) is 1. The first-order chi connectivity index (χ1) is 8.72. The summed E-state index contributed by atoms with van der Waals surface area (Å²) in [6.07, 6.45) is 0. The Kier molecular flexibility index (Phi) is 3.96. The van der Waals surface area contributed by atoms with Crippen LogP contribution in [0.25, 0.3) is 10.8 Å². The first-order valence-electron chi connectivity index (χ1n) is 6.33. The number of fused-ring (bicyclic) bond motifs is 1. The van der Waals surface area contributed by atoms with Gasteiger partial charge >= 0.3 is 0 Å². The SMILES string of the molecule is CC(C#N)CNC(C)c1cccc2ccccc12. The van der Waals surface area contributed by atoms with Crippen molar-refractivity contribution >= 4 is 10.8 Å². The zero-order chi connectivity index (χ0) is 13.0. The van der Waals surface area contributed by atoms with Gasteiger partial charge in [-0.05, 0) is 30.2 Å². The molecule has 18 heavy (non-hydrogen) atoms. The van der Waals surface area contributed by atoms with E-state index < -0.39 is 0 Å². The highest BCUT2D eigenvalue weighted by Gasteiger charge is 2.09. The van der Waals surface area contributed by atoms with E-state index in [1.807, 2.05) is 6.92 Å². The average Bonchev–Trinajstić information content (AvgIpc) is 2.43. The topological polar surface area (TPSA) is 35.8 Å². The summed E-state index contributed by atoms with van der Waals surface area (Å²) in [5, 5.41) is 14.8. The van der Waals surface area contributed by atoms with Crippen LogP contribution in [0.15, 0.2) is 42.5 Å². The van der Waals surface area contributed by atoms with Gasteiger partial charge in [-0.3, -0.25) is 0 Å². The van der Waals surface area contributed by atoms with Crippen molar-refractivity contribution in [3.8, 4) is 6.07 Å². The maximum Gasteiger partial charge on any atom is 0.0666 e. The maximum atomic E-state index is 8.80. The first kappa shape index (κ1) is 12.6. The third-order valence-corrected chi connectivity index (χ3v) is 3.24. The second-order valence-corrected chi connectivity index (χ2v) is 4.73. The fourth-order valence-electron chi connectivity index (χ4n) is 2.14. The predicted molar refractivity (Wildman–Crippen MR) is 75.1 cm³/mol. The van der Waals surface area contributed by atoms with Crippen LogP contribution in [0.1, 0.15) is 25.5 Å². The molecule has 0 aliphatic heterocycles. The average molecular weight is 238 g/mol. The van der Waals surface area contributed by atoms with Gasteiger partial charge in [-0.25, -0.2) is 0 Å². The molecular weight excluding hydrogens is 220 g/mol. The van der Waals surface area contributed by atoms with Gasteiger partial charge in [0.05, 0.1) is 12.0 Å². The van der Waals surface area contributed by atoms with Crippen LogP contribution in [0.5, 0.6) is 0 Å². The molecule has 2 rings (SSSR count). The van der Waals surface area contributed by atoms with Crippen molar-refractivity contribution in [1.82, 2.24) is 5.32 Å². The Morgan fingerprint density at radius 1 is 1.11 bits per heavy atom. The van der Waals surface area contributed by atoms with Crippen molar-refractivity contribution in [3.63, 3.8) is 0 Å². The predicted octanol–water partition coefficient (Wildman–Crippen LogP) is 3.65. The van der Waals surface area contributed by atoms with E-state index in [0.717, 1.165) is 6.54 Å². The summed E-state index contributed by atoms with van der Waals surface area (Å²) in [5.41, 5.74) is 1.29. The van der Waals surface area contributed by atoms with Gasteiger partial charge in [-0.15, -0.1) is 0 Å². The van der Waals surface area contributed by atoms with Crippen molar-refractivity contribution in [2.45, 2.75) is 19.9 Å². The Bertz CT molecular complexity index is 563. The van der Waals surface area contributed by atoms with E-state index in [-0.39, 0.29) is 12.0 Å². The molecule has 2 heteroatoms. The van der Waals surface area contributed by atoms with Crippen molar-refractivity contribution < 1.29 is 0 Å². The molecule has 0 heterocycles. The van der Waals surface area contributed by atoms with Gasteiger partial charge < -0.3 is 5.32 Å². The molecule has 0 bridgehead atoms. The molecule has 0 aliphatic carbocycles. The van der Waals surface area contributed by atoms with Crippen LogP contribution < -0.4 is 5.32 Å². The quantitative estimate of drug-likeness (QED) is 0.882. The van der Waals surface area contributed by atoms with Gasteiger partial charge in [0.1, 0.15) is 0 Å². The highest BCUT2D eigenvalue weighted by molar-refractivity contribution is 5.86. The minimum atomic E-state index is 0.0439. The lowest BCUT2D eigenvalue weighted by Gasteiger charge is -2.17. The fraction of sp³-hybridized carbons (Fsp3) is 0.312. The van der Waals surface area contributed by atoms with Gasteiger partial charge in [-0.1, -0.05) is 42.5 Å². The molecule has 2 aromatic carbocycles. The lowest BCUT2D eigenvalue weighted by molar-refractivity contribution is 0.530. The molecule has 0 saturated carbocycles. The lowest BCUT2D eigenvalue weighted by atomic mass is 9.99. The van der Waals surface area contributed by atoms with E-state index in [0.29, 0.717) is 0 Å². The zero-order valence-corrected chi connectivity index (χ0v) is 10.9. The zero-order valence-electron chi connectivity index (χ0n) is 10.9. The second-order valence-electron chi connectivity index (χ2n) is 4.73. The molecule has 2 aromatic rings. The molecule has 0 saturated heterocycles. The number of rotatable bonds is 4. The van der Waals surface area contributed by atoms with Crippen molar-refractivity contribution in [3.05, 3.63) is 48.0 Å². The normalized spacial score (nSPS) is 14.1. The molecule has 2 unspecified atom stereocenters. The molecule has 1 N–H and O–H groups in total. The molecule has 0 aromatic heterocycles. The minimum absolute atomic E-state index is 0.0439. The molecule has 0 fully saturated rings. The van der Waals surface area contributed by atoms with Crippen LogP contribution in [-0.2, 0) is 0 Å². The van der Waals surface area contributed by atoms with E-state index >= 15 is 0 Å². The summed E-state index contributed by atoms with van der Waals surface area (Å²) in [6, 6.07) is 17.3. The van der Waals surface area contributed by atoms with Gasteiger partial charge in [0, 0.05) is 12.6 Å². The molecule has 0 aliphatic rings. The van der Waals surface area contributed by atoms with E-state index in [4.69, 9.17) is 5.26 Å². The number of nitrogens with zero attached hydrogens (tertiary/aromatic N) is 1. The van der Waals surface area contributed by atoms with Gasteiger partial charge in [0.2, 0.25) is 0 Å². The molecule has 0 amide bonds. The highest BCUT2D eigenvalue weighted by atomic mass is 14.9. The summed E-state index contributed by atoms with van der Waals surface area (Å²) in [6.45, 7) is 4.80. The molecule has 0 spiro atoms. The van der Waals surface area contributed by atoms with Gasteiger partial charge in [0.25, 0.3) is 0 Å². The summed E-state index contributed by atoms with van der Waals surface area (Å²) < 4.78 is 0. The Morgan fingerprint density at radius 3 is 2.61 bits per heavy atom. The smallest absolute Gasteiger partial charge is 0.0666 e. The van der Waals surface area contributed by atoms with Crippen LogP contribution in [0.2, 0.25) is 0 Å². The maximum absolute atomic E-state index is 8.80. The summed E-state index contributed by atoms with van der Waals surface area (Å²) in [5.74, 6) is 0.0439. The van der Waals surface area contributed by atoms with Crippen LogP contribution >= 0.6 is 0 Å². The third-order valence-electron chi connectivity index (χ3n) is 3.24. The Balaban J connectivity index is 2.23. The van der Waals surface area contributed by atoms with Crippen LogP contribution in [0.4, 0.5) is 0 Å². The first-order valence-corrected chi connectivity index (χ1v) is 6.33.